The smallest absolute Gasteiger partial charge is 0.185 e. The van der Waals surface area contributed by atoms with Crippen LogP contribution in [0.3, 0.4) is 0 Å². The van der Waals surface area contributed by atoms with Crippen molar-refractivity contribution in [2.45, 2.75) is 33.6 Å². The molecule has 1 saturated heterocycles. The third kappa shape index (κ3) is 3.85. The molecule has 2 rings (SSSR count). The predicted molar refractivity (Wildman–Crippen MR) is 90.1 cm³/mol. The molecule has 0 spiro atoms. The fourth-order valence-electron chi connectivity index (χ4n) is 1.99. The molecule has 0 N–H and O–H groups in total. The van der Waals surface area contributed by atoms with Crippen LogP contribution in [0.15, 0.2) is 34.4 Å². The third-order valence-corrected chi connectivity index (χ3v) is 3.98. The monoisotopic (exact) mass is 289 g/mol. The minimum absolute atomic E-state index is 0.463. The van der Waals surface area contributed by atoms with Gasteiger partial charge in [0.15, 0.2) is 5.17 Å². The van der Waals surface area contributed by atoms with Crippen molar-refractivity contribution in [1.29, 1.82) is 0 Å². The van der Waals surface area contributed by atoms with Gasteiger partial charge in [-0.15, -0.1) is 0 Å². The lowest BCUT2D eigenvalue weighted by molar-refractivity contribution is 0.493. The molecule has 0 unspecified atom stereocenters. The van der Waals surface area contributed by atoms with Crippen molar-refractivity contribution < 1.29 is 0 Å². The minimum atomic E-state index is 0.463. The first-order valence-corrected chi connectivity index (χ1v) is 8.18. The molecule has 0 aliphatic carbocycles. The van der Waals surface area contributed by atoms with Crippen LogP contribution < -0.4 is 0 Å². The molecule has 4 heteroatoms. The molecule has 1 aliphatic rings. The Bertz CT molecular complexity index is 506. The van der Waals surface area contributed by atoms with Crippen LogP contribution in [0.5, 0.6) is 0 Å². The number of amidine groups is 1. The van der Waals surface area contributed by atoms with Crippen molar-refractivity contribution in [2.75, 3.05) is 12.3 Å². The van der Waals surface area contributed by atoms with Gasteiger partial charge in [-0.1, -0.05) is 57.7 Å². The van der Waals surface area contributed by atoms with Crippen LogP contribution in [0.4, 0.5) is 5.69 Å². The number of thioether (sulfide) groups is 1. The van der Waals surface area contributed by atoms with E-state index in [1.165, 1.54) is 5.56 Å². The number of benzene rings is 1. The van der Waals surface area contributed by atoms with Crippen LogP contribution in [0.2, 0.25) is 0 Å². The molecule has 0 amide bonds. The summed E-state index contributed by atoms with van der Waals surface area (Å²) in [5, 5.41) is 7.56. The van der Waals surface area contributed by atoms with Crippen molar-refractivity contribution in [3.63, 3.8) is 0 Å². The van der Waals surface area contributed by atoms with E-state index in [4.69, 9.17) is 4.99 Å². The summed E-state index contributed by atoms with van der Waals surface area (Å²) in [6.07, 6.45) is 1.98. The number of rotatable bonds is 4. The van der Waals surface area contributed by atoms with E-state index in [1.54, 1.807) is 11.8 Å². The van der Waals surface area contributed by atoms with Crippen molar-refractivity contribution in [1.82, 2.24) is 5.01 Å². The second-order valence-electron chi connectivity index (χ2n) is 5.59. The molecule has 0 saturated carbocycles. The standard InChI is InChI=1S/C16H23N3S/c1-12(2)11-17-19-9-10-20-16(19)18-15-8-6-5-7-14(15)13(3)4/h5-8,11-13H,9-10H2,1-4H3/b17-11+,18-16?. The van der Waals surface area contributed by atoms with Crippen molar-refractivity contribution in [2.24, 2.45) is 16.0 Å². The molecular weight excluding hydrogens is 266 g/mol. The molecule has 0 aromatic heterocycles. The Morgan fingerprint density at radius 2 is 1.95 bits per heavy atom. The Morgan fingerprint density at radius 3 is 2.65 bits per heavy atom. The molecule has 1 aromatic carbocycles. The van der Waals surface area contributed by atoms with Gasteiger partial charge >= 0.3 is 0 Å². The van der Waals surface area contributed by atoms with Gasteiger partial charge in [0.2, 0.25) is 0 Å². The van der Waals surface area contributed by atoms with Gasteiger partial charge in [-0.2, -0.15) is 5.10 Å². The topological polar surface area (TPSA) is 28.0 Å². The van der Waals surface area contributed by atoms with Gasteiger partial charge in [-0.3, -0.25) is 0 Å². The summed E-state index contributed by atoms with van der Waals surface area (Å²) < 4.78 is 0. The first kappa shape index (κ1) is 15.1. The highest BCUT2D eigenvalue weighted by Crippen LogP contribution is 2.29. The molecule has 1 aromatic rings. The fourth-order valence-corrected chi connectivity index (χ4v) is 2.88. The molecule has 0 radical (unpaired) electrons. The highest BCUT2D eigenvalue weighted by Gasteiger charge is 2.19. The van der Waals surface area contributed by atoms with Crippen molar-refractivity contribution >= 4 is 28.8 Å². The van der Waals surface area contributed by atoms with E-state index in [1.807, 2.05) is 17.3 Å². The molecular formula is C16H23N3S. The summed E-state index contributed by atoms with van der Waals surface area (Å²) in [5.74, 6) is 2.00. The number of hydrogen-bond acceptors (Lipinski definition) is 3. The van der Waals surface area contributed by atoms with E-state index in [2.05, 4.69) is 51.0 Å². The third-order valence-electron chi connectivity index (χ3n) is 3.03. The minimum Gasteiger partial charge on any atom is -0.242 e. The number of aliphatic imine (C=N–C) groups is 1. The summed E-state index contributed by atoms with van der Waals surface area (Å²) in [5.41, 5.74) is 2.36. The van der Waals surface area contributed by atoms with Crippen LogP contribution in [-0.4, -0.2) is 28.7 Å². The van der Waals surface area contributed by atoms with Gasteiger partial charge in [0.25, 0.3) is 0 Å². The lowest BCUT2D eigenvalue weighted by atomic mass is 10.0. The second-order valence-corrected chi connectivity index (χ2v) is 6.65. The van der Waals surface area contributed by atoms with Crippen LogP contribution >= 0.6 is 11.8 Å². The van der Waals surface area contributed by atoms with Crippen LogP contribution in [0, 0.1) is 5.92 Å². The Labute approximate surface area is 126 Å². The largest absolute Gasteiger partial charge is 0.242 e. The van der Waals surface area contributed by atoms with Gasteiger partial charge in [0.05, 0.1) is 12.2 Å². The van der Waals surface area contributed by atoms with Crippen molar-refractivity contribution in [3.8, 4) is 0 Å². The van der Waals surface area contributed by atoms with Gasteiger partial charge in [0.1, 0.15) is 0 Å². The maximum absolute atomic E-state index is 4.83. The summed E-state index contributed by atoms with van der Waals surface area (Å²) >= 11 is 1.78. The molecule has 108 valence electrons. The van der Waals surface area contributed by atoms with Crippen LogP contribution in [0.25, 0.3) is 0 Å². The summed E-state index contributed by atoms with van der Waals surface area (Å²) in [7, 11) is 0. The van der Waals surface area contributed by atoms with Crippen LogP contribution in [0.1, 0.15) is 39.2 Å². The van der Waals surface area contributed by atoms with Crippen molar-refractivity contribution in [3.05, 3.63) is 29.8 Å². The van der Waals surface area contributed by atoms with E-state index < -0.39 is 0 Å². The molecule has 0 bridgehead atoms. The normalized spacial score (nSPS) is 18.1. The zero-order valence-electron chi connectivity index (χ0n) is 12.7. The SMILES string of the molecule is CC(C)/C=N/N1CCSC1=Nc1ccccc1C(C)C. The summed E-state index contributed by atoms with van der Waals surface area (Å²) in [6, 6.07) is 8.37. The van der Waals surface area contributed by atoms with Gasteiger partial charge in [-0.05, 0) is 23.5 Å². The summed E-state index contributed by atoms with van der Waals surface area (Å²) in [4.78, 5) is 4.83. The van der Waals surface area contributed by atoms with E-state index in [9.17, 15) is 0 Å². The zero-order valence-corrected chi connectivity index (χ0v) is 13.5. The molecule has 0 atom stereocenters. The quantitative estimate of drug-likeness (QED) is 0.764. The van der Waals surface area contributed by atoms with E-state index >= 15 is 0 Å². The first-order chi connectivity index (χ1) is 9.58. The van der Waals surface area contributed by atoms with Gasteiger partial charge in [-0.25, -0.2) is 10.0 Å². The average Bonchev–Trinajstić information content (AvgIpc) is 2.84. The lowest BCUT2D eigenvalue weighted by Crippen LogP contribution is -2.18. The fraction of sp³-hybridized carbons (Fsp3) is 0.500. The average molecular weight is 289 g/mol. The molecule has 3 nitrogen and oxygen atoms in total. The number of hydrazone groups is 1. The molecule has 1 aliphatic heterocycles. The summed E-state index contributed by atoms with van der Waals surface area (Å²) in [6.45, 7) is 9.62. The van der Waals surface area contributed by atoms with Gasteiger partial charge in [0, 0.05) is 12.0 Å². The lowest BCUT2D eigenvalue weighted by Gasteiger charge is -2.13. The van der Waals surface area contributed by atoms with E-state index in [0.29, 0.717) is 11.8 Å². The maximum Gasteiger partial charge on any atom is 0.185 e. The Hall–Kier alpha value is -1.29. The van der Waals surface area contributed by atoms with E-state index in [0.717, 1.165) is 23.2 Å². The first-order valence-electron chi connectivity index (χ1n) is 7.20. The molecule has 20 heavy (non-hydrogen) atoms. The number of nitrogens with zero attached hydrogens (tertiary/aromatic N) is 3. The Balaban J connectivity index is 2.25. The number of para-hydroxylation sites is 1. The highest BCUT2D eigenvalue weighted by atomic mass is 32.2. The van der Waals surface area contributed by atoms with Gasteiger partial charge < -0.3 is 0 Å². The predicted octanol–water partition coefficient (Wildman–Crippen LogP) is 4.49. The number of hydrogen-bond donors (Lipinski definition) is 0. The van der Waals surface area contributed by atoms with E-state index in [-0.39, 0.29) is 0 Å². The molecule has 1 heterocycles. The van der Waals surface area contributed by atoms with Crippen LogP contribution in [-0.2, 0) is 0 Å². The highest BCUT2D eigenvalue weighted by molar-refractivity contribution is 8.14. The zero-order chi connectivity index (χ0) is 14.5. The molecule has 1 fully saturated rings. The Kier molecular flexibility index (Phi) is 5.24. The maximum atomic E-state index is 4.83. The Morgan fingerprint density at radius 1 is 1.20 bits per heavy atom. The second kappa shape index (κ2) is 6.93.